The maximum Gasteiger partial charge on any atom is 0.262 e. The minimum absolute atomic E-state index is 0.212. The number of benzene rings is 2. The second-order valence-corrected chi connectivity index (χ2v) is 4.45. The average molecular weight is 302 g/mol. The molecule has 114 valence electrons. The van der Waals surface area contributed by atoms with Crippen molar-refractivity contribution in [1.82, 2.24) is 5.32 Å². The lowest BCUT2D eigenvalue weighted by molar-refractivity contribution is -0.118. The molecule has 5 nitrogen and oxygen atoms in total. The zero-order chi connectivity index (χ0) is 15.9. The van der Waals surface area contributed by atoms with Gasteiger partial charge in [0.15, 0.2) is 6.61 Å². The summed E-state index contributed by atoms with van der Waals surface area (Å²) in [5.41, 5.74) is 0.938. The van der Waals surface area contributed by atoms with Gasteiger partial charge in [0.25, 0.3) is 11.8 Å². The third-order valence-electron chi connectivity index (χ3n) is 2.82. The zero-order valence-corrected chi connectivity index (χ0v) is 11.9. The smallest absolute Gasteiger partial charge is 0.262 e. The Labute approximate surface area is 127 Å². The molecule has 0 atom stereocenters. The van der Waals surface area contributed by atoms with Gasteiger partial charge >= 0.3 is 0 Å². The first-order valence-electron chi connectivity index (χ1n) is 6.59. The van der Waals surface area contributed by atoms with Gasteiger partial charge < -0.3 is 15.4 Å². The molecule has 2 aromatic rings. The second kappa shape index (κ2) is 7.21. The minimum atomic E-state index is -0.376. The topological polar surface area (TPSA) is 67.4 Å². The third-order valence-corrected chi connectivity index (χ3v) is 2.82. The van der Waals surface area contributed by atoms with Gasteiger partial charge in [0.2, 0.25) is 0 Å². The summed E-state index contributed by atoms with van der Waals surface area (Å²) < 4.78 is 18.0. The van der Waals surface area contributed by atoms with Crippen LogP contribution in [0.25, 0.3) is 0 Å². The molecule has 0 saturated heterocycles. The van der Waals surface area contributed by atoms with Gasteiger partial charge in [0.05, 0.1) is 0 Å². The monoisotopic (exact) mass is 302 g/mol. The van der Waals surface area contributed by atoms with Crippen molar-refractivity contribution in [2.75, 3.05) is 19.0 Å². The highest BCUT2D eigenvalue weighted by molar-refractivity contribution is 5.97. The fourth-order valence-electron chi connectivity index (χ4n) is 1.76. The summed E-state index contributed by atoms with van der Waals surface area (Å²) in [6, 6.07) is 11.9. The van der Waals surface area contributed by atoms with Crippen LogP contribution in [0.1, 0.15) is 10.4 Å². The first-order valence-corrected chi connectivity index (χ1v) is 6.59. The van der Waals surface area contributed by atoms with Crippen LogP contribution in [0.4, 0.5) is 10.1 Å². The predicted molar refractivity (Wildman–Crippen MR) is 80.4 cm³/mol. The number of nitrogens with one attached hydrogen (secondary N) is 2. The van der Waals surface area contributed by atoms with Crippen LogP contribution in [-0.4, -0.2) is 25.5 Å². The van der Waals surface area contributed by atoms with Crippen molar-refractivity contribution in [1.29, 1.82) is 0 Å². The summed E-state index contributed by atoms with van der Waals surface area (Å²) in [6.45, 7) is -0.212. The summed E-state index contributed by atoms with van der Waals surface area (Å²) in [7, 11) is 1.53. The average Bonchev–Trinajstić information content (AvgIpc) is 2.54. The fraction of sp³-hybridized carbons (Fsp3) is 0.125. The Kier molecular flexibility index (Phi) is 5.08. The normalized spacial score (nSPS) is 9.91. The first kappa shape index (κ1) is 15.5. The van der Waals surface area contributed by atoms with Gasteiger partial charge in [-0.25, -0.2) is 4.39 Å². The van der Waals surface area contributed by atoms with Crippen LogP contribution < -0.4 is 15.4 Å². The molecule has 0 spiro atoms. The lowest BCUT2D eigenvalue weighted by atomic mass is 10.2. The van der Waals surface area contributed by atoms with Gasteiger partial charge in [-0.05, 0) is 42.5 Å². The van der Waals surface area contributed by atoms with Gasteiger partial charge in [-0.2, -0.15) is 0 Å². The molecule has 0 bridgehead atoms. The van der Waals surface area contributed by atoms with Crippen LogP contribution in [0, 0.1) is 5.82 Å². The van der Waals surface area contributed by atoms with Gasteiger partial charge in [0, 0.05) is 18.3 Å². The number of anilines is 1. The summed E-state index contributed by atoms with van der Waals surface area (Å²) in [5.74, 6) is -0.587. The maximum atomic E-state index is 12.7. The predicted octanol–water partition coefficient (Wildman–Crippen LogP) is 2.20. The summed E-state index contributed by atoms with van der Waals surface area (Å²) in [6.07, 6.45) is 0. The van der Waals surface area contributed by atoms with E-state index >= 15 is 0 Å². The molecule has 2 rings (SSSR count). The molecule has 0 aliphatic heterocycles. The van der Waals surface area contributed by atoms with E-state index in [4.69, 9.17) is 4.74 Å². The van der Waals surface area contributed by atoms with Crippen molar-refractivity contribution in [2.45, 2.75) is 0 Å². The Morgan fingerprint density at radius 1 is 1.14 bits per heavy atom. The highest BCUT2D eigenvalue weighted by Gasteiger charge is 2.07. The van der Waals surface area contributed by atoms with E-state index in [1.807, 2.05) is 0 Å². The number of amides is 2. The number of hydrogen-bond acceptors (Lipinski definition) is 3. The van der Waals surface area contributed by atoms with Gasteiger partial charge in [-0.15, -0.1) is 0 Å². The van der Waals surface area contributed by atoms with E-state index in [0.717, 1.165) is 0 Å². The van der Waals surface area contributed by atoms with Crippen molar-refractivity contribution in [3.8, 4) is 5.75 Å². The number of carbonyl (C=O) groups is 2. The molecule has 0 aromatic heterocycles. The Bertz CT molecular complexity index is 671. The highest BCUT2D eigenvalue weighted by Crippen LogP contribution is 2.12. The van der Waals surface area contributed by atoms with Crippen LogP contribution in [0.15, 0.2) is 48.5 Å². The van der Waals surface area contributed by atoms with Crippen LogP contribution in [0.2, 0.25) is 0 Å². The number of carbonyl (C=O) groups excluding carboxylic acids is 2. The molecule has 2 amide bonds. The van der Waals surface area contributed by atoms with E-state index in [-0.39, 0.29) is 24.2 Å². The van der Waals surface area contributed by atoms with E-state index in [2.05, 4.69) is 10.6 Å². The van der Waals surface area contributed by atoms with Gasteiger partial charge in [-0.3, -0.25) is 9.59 Å². The number of halogens is 1. The molecule has 2 N–H and O–H groups in total. The molecular weight excluding hydrogens is 287 g/mol. The molecule has 0 aliphatic carbocycles. The van der Waals surface area contributed by atoms with Crippen LogP contribution >= 0.6 is 0 Å². The third kappa shape index (κ3) is 4.31. The lowest BCUT2D eigenvalue weighted by Gasteiger charge is -2.08. The molecule has 0 unspecified atom stereocenters. The second-order valence-electron chi connectivity index (χ2n) is 4.45. The number of ether oxygens (including phenoxy) is 1. The standard InChI is InChI=1S/C16H15FN2O3/c1-18-16(21)11-3-2-4-13(9-11)19-15(20)10-22-14-7-5-12(17)6-8-14/h2-9H,10H2,1H3,(H,18,21)(H,19,20). The van der Waals surface area contributed by atoms with E-state index < -0.39 is 0 Å². The van der Waals surface area contributed by atoms with Crippen molar-refractivity contribution >= 4 is 17.5 Å². The largest absolute Gasteiger partial charge is 0.484 e. The van der Waals surface area contributed by atoms with Gasteiger partial charge in [-0.1, -0.05) is 6.07 Å². The van der Waals surface area contributed by atoms with Crippen molar-refractivity contribution in [3.63, 3.8) is 0 Å². The van der Waals surface area contributed by atoms with Crippen LogP contribution in [0.3, 0.4) is 0 Å². The molecule has 0 radical (unpaired) electrons. The molecule has 0 heterocycles. The summed E-state index contributed by atoms with van der Waals surface area (Å²) in [4.78, 5) is 23.3. The Hall–Kier alpha value is -2.89. The molecule has 2 aromatic carbocycles. The summed E-state index contributed by atoms with van der Waals surface area (Å²) in [5, 5.41) is 5.13. The van der Waals surface area contributed by atoms with E-state index in [1.165, 1.54) is 31.3 Å². The Balaban J connectivity index is 1.91. The molecule has 6 heteroatoms. The molecule has 0 aliphatic rings. The Morgan fingerprint density at radius 2 is 1.86 bits per heavy atom. The number of hydrogen-bond donors (Lipinski definition) is 2. The fourth-order valence-corrected chi connectivity index (χ4v) is 1.76. The molecule has 0 saturated carbocycles. The van der Waals surface area contributed by atoms with Crippen molar-refractivity contribution in [2.24, 2.45) is 0 Å². The maximum absolute atomic E-state index is 12.7. The van der Waals surface area contributed by atoms with Crippen LogP contribution in [0.5, 0.6) is 5.75 Å². The Morgan fingerprint density at radius 3 is 2.55 bits per heavy atom. The van der Waals surface area contributed by atoms with E-state index in [9.17, 15) is 14.0 Å². The van der Waals surface area contributed by atoms with Gasteiger partial charge in [0.1, 0.15) is 11.6 Å². The van der Waals surface area contributed by atoms with Crippen LogP contribution in [-0.2, 0) is 4.79 Å². The zero-order valence-electron chi connectivity index (χ0n) is 11.9. The van der Waals surface area contributed by atoms with E-state index in [0.29, 0.717) is 17.0 Å². The quantitative estimate of drug-likeness (QED) is 0.890. The highest BCUT2D eigenvalue weighted by atomic mass is 19.1. The SMILES string of the molecule is CNC(=O)c1cccc(NC(=O)COc2ccc(F)cc2)c1. The molecule has 0 fully saturated rings. The first-order chi connectivity index (χ1) is 10.6. The van der Waals surface area contributed by atoms with E-state index in [1.54, 1.807) is 24.3 Å². The minimum Gasteiger partial charge on any atom is -0.484 e. The molecule has 22 heavy (non-hydrogen) atoms. The summed E-state index contributed by atoms with van der Waals surface area (Å²) >= 11 is 0. The molecular formula is C16H15FN2O3. The lowest BCUT2D eigenvalue weighted by Crippen LogP contribution is -2.21. The number of rotatable bonds is 5. The van der Waals surface area contributed by atoms with Crippen molar-refractivity contribution < 1.29 is 18.7 Å². The van der Waals surface area contributed by atoms with Crippen molar-refractivity contribution in [3.05, 3.63) is 59.9 Å².